The van der Waals surface area contributed by atoms with E-state index in [9.17, 15) is 0 Å². The van der Waals surface area contributed by atoms with Crippen molar-refractivity contribution in [2.45, 2.75) is 38.8 Å². The first-order valence-corrected chi connectivity index (χ1v) is 6.67. The van der Waals surface area contributed by atoms with Gasteiger partial charge in [0.05, 0.1) is 0 Å². The Morgan fingerprint density at radius 1 is 1.41 bits per heavy atom. The molecule has 1 saturated heterocycles. The van der Waals surface area contributed by atoms with Gasteiger partial charge in [-0.1, -0.05) is 17.7 Å². The minimum Gasteiger partial charge on any atom is -0.382 e. The van der Waals surface area contributed by atoms with Crippen LogP contribution in [0.3, 0.4) is 0 Å². The second-order valence-electron chi connectivity index (χ2n) is 5.16. The van der Waals surface area contributed by atoms with Crippen molar-refractivity contribution in [1.29, 1.82) is 0 Å². The lowest BCUT2D eigenvalue weighted by atomic mass is 9.98. The van der Waals surface area contributed by atoms with E-state index in [1.165, 1.54) is 19.4 Å². The molecule has 1 aliphatic rings. The Morgan fingerprint density at radius 3 is 2.82 bits per heavy atom. The Balaban J connectivity index is 1.99. The highest BCUT2D eigenvalue weighted by Gasteiger charge is 2.22. The van der Waals surface area contributed by atoms with E-state index in [1.54, 1.807) is 0 Å². The molecular weight excluding hydrogens is 232 g/mol. The molecule has 2 nitrogen and oxygen atoms in total. The second-order valence-corrected chi connectivity index (χ2v) is 5.57. The van der Waals surface area contributed by atoms with E-state index in [1.807, 2.05) is 13.0 Å². The lowest BCUT2D eigenvalue weighted by molar-refractivity contribution is 0.190. The van der Waals surface area contributed by atoms with Crippen molar-refractivity contribution in [3.8, 4) is 0 Å². The largest absolute Gasteiger partial charge is 0.382 e. The van der Waals surface area contributed by atoms with Crippen LogP contribution in [0, 0.1) is 6.92 Å². The van der Waals surface area contributed by atoms with Crippen molar-refractivity contribution >= 4 is 17.3 Å². The smallest absolute Gasteiger partial charge is 0.0455 e. The predicted molar refractivity (Wildman–Crippen MR) is 74.9 cm³/mol. The zero-order chi connectivity index (χ0) is 12.4. The summed E-state index contributed by atoms with van der Waals surface area (Å²) in [6, 6.07) is 7.44. The third-order valence-corrected chi connectivity index (χ3v) is 4.16. The van der Waals surface area contributed by atoms with Crippen molar-refractivity contribution in [3.05, 3.63) is 28.8 Å². The third kappa shape index (κ3) is 3.14. The molecule has 0 aliphatic carbocycles. The van der Waals surface area contributed by atoms with Gasteiger partial charge in [0.1, 0.15) is 0 Å². The third-order valence-electron chi connectivity index (χ3n) is 3.75. The summed E-state index contributed by atoms with van der Waals surface area (Å²) in [5.41, 5.74) is 2.27. The van der Waals surface area contributed by atoms with Gasteiger partial charge in [-0.25, -0.2) is 0 Å². The minimum atomic E-state index is 0.569. The molecule has 2 rings (SSSR count). The van der Waals surface area contributed by atoms with Crippen molar-refractivity contribution < 1.29 is 0 Å². The number of likely N-dealkylation sites (tertiary alicyclic amines) is 1. The summed E-state index contributed by atoms with van der Waals surface area (Å²) in [5.74, 6) is 0. The zero-order valence-corrected chi connectivity index (χ0v) is 11.6. The first-order valence-electron chi connectivity index (χ1n) is 6.29. The molecule has 1 fully saturated rings. The maximum absolute atomic E-state index is 6.14. The van der Waals surface area contributed by atoms with Gasteiger partial charge in [-0.3, -0.25) is 0 Å². The van der Waals surface area contributed by atoms with Crippen LogP contribution in [-0.4, -0.2) is 30.6 Å². The minimum absolute atomic E-state index is 0.569. The number of aryl methyl sites for hydroxylation is 1. The lowest BCUT2D eigenvalue weighted by Crippen LogP contribution is -2.42. The molecule has 0 radical (unpaired) electrons. The molecule has 1 aliphatic heterocycles. The van der Waals surface area contributed by atoms with Gasteiger partial charge in [-0.15, -0.1) is 0 Å². The average molecular weight is 253 g/mol. The van der Waals surface area contributed by atoms with Gasteiger partial charge in [-0.2, -0.15) is 0 Å². The Morgan fingerprint density at radius 2 is 2.18 bits per heavy atom. The number of hydrogen-bond donors (Lipinski definition) is 1. The maximum Gasteiger partial charge on any atom is 0.0455 e. The first kappa shape index (κ1) is 12.7. The first-order chi connectivity index (χ1) is 8.06. The van der Waals surface area contributed by atoms with Crippen LogP contribution < -0.4 is 5.32 Å². The molecule has 1 N–H and O–H groups in total. The number of anilines is 1. The SMILES string of the molecule is Cc1ccc(NC2CCN(C)C(C)C2)cc1Cl. The summed E-state index contributed by atoms with van der Waals surface area (Å²) >= 11 is 6.14. The number of benzene rings is 1. The van der Waals surface area contributed by atoms with E-state index in [4.69, 9.17) is 11.6 Å². The molecule has 3 heteroatoms. The summed E-state index contributed by atoms with van der Waals surface area (Å²) in [4.78, 5) is 2.42. The second kappa shape index (κ2) is 5.28. The van der Waals surface area contributed by atoms with Gasteiger partial charge in [0.15, 0.2) is 0 Å². The van der Waals surface area contributed by atoms with Crippen LogP contribution in [0.4, 0.5) is 5.69 Å². The maximum atomic E-state index is 6.14. The predicted octanol–water partition coefficient (Wildman–Crippen LogP) is 3.54. The molecule has 0 bridgehead atoms. The van der Waals surface area contributed by atoms with Crippen LogP contribution in [0.5, 0.6) is 0 Å². The molecule has 17 heavy (non-hydrogen) atoms. The van der Waals surface area contributed by atoms with Crippen molar-refractivity contribution in [2.24, 2.45) is 0 Å². The fraction of sp³-hybridized carbons (Fsp3) is 0.571. The highest BCUT2D eigenvalue weighted by molar-refractivity contribution is 6.31. The van der Waals surface area contributed by atoms with Crippen LogP contribution >= 0.6 is 11.6 Å². The van der Waals surface area contributed by atoms with Crippen molar-refractivity contribution in [2.75, 3.05) is 18.9 Å². The molecule has 0 saturated carbocycles. The van der Waals surface area contributed by atoms with Gasteiger partial charge in [0.25, 0.3) is 0 Å². The molecule has 0 amide bonds. The Hall–Kier alpha value is -0.730. The Bertz CT molecular complexity index is 392. The van der Waals surface area contributed by atoms with Gasteiger partial charge < -0.3 is 10.2 Å². The summed E-state index contributed by atoms with van der Waals surface area (Å²) in [7, 11) is 2.20. The molecule has 0 aromatic heterocycles. The van der Waals surface area contributed by atoms with E-state index in [2.05, 4.69) is 36.3 Å². The van der Waals surface area contributed by atoms with Gasteiger partial charge in [-0.05, 0) is 51.4 Å². The van der Waals surface area contributed by atoms with Crippen LogP contribution in [0.15, 0.2) is 18.2 Å². The van der Waals surface area contributed by atoms with E-state index in [0.29, 0.717) is 12.1 Å². The lowest BCUT2D eigenvalue weighted by Gasteiger charge is -2.35. The quantitative estimate of drug-likeness (QED) is 0.866. The van der Waals surface area contributed by atoms with Crippen molar-refractivity contribution in [3.63, 3.8) is 0 Å². The molecule has 2 unspecified atom stereocenters. The monoisotopic (exact) mass is 252 g/mol. The van der Waals surface area contributed by atoms with E-state index in [0.717, 1.165) is 16.3 Å². The Labute approximate surface area is 109 Å². The van der Waals surface area contributed by atoms with Gasteiger partial charge in [0, 0.05) is 29.3 Å². The fourth-order valence-electron chi connectivity index (χ4n) is 2.34. The molecular formula is C14H21ClN2. The van der Waals surface area contributed by atoms with E-state index in [-0.39, 0.29) is 0 Å². The van der Waals surface area contributed by atoms with Crippen LogP contribution in [0.1, 0.15) is 25.3 Å². The normalized spacial score (nSPS) is 25.9. The molecule has 1 aromatic carbocycles. The van der Waals surface area contributed by atoms with Crippen LogP contribution in [0.2, 0.25) is 5.02 Å². The zero-order valence-electron chi connectivity index (χ0n) is 10.8. The number of hydrogen-bond acceptors (Lipinski definition) is 2. The van der Waals surface area contributed by atoms with E-state index >= 15 is 0 Å². The number of rotatable bonds is 2. The summed E-state index contributed by atoms with van der Waals surface area (Å²) in [6.07, 6.45) is 2.40. The summed E-state index contributed by atoms with van der Waals surface area (Å²) in [6.45, 7) is 5.48. The molecule has 0 spiro atoms. The highest BCUT2D eigenvalue weighted by atomic mass is 35.5. The topological polar surface area (TPSA) is 15.3 Å². The highest BCUT2D eigenvalue weighted by Crippen LogP contribution is 2.23. The van der Waals surface area contributed by atoms with Crippen LogP contribution in [0.25, 0.3) is 0 Å². The summed E-state index contributed by atoms with van der Waals surface area (Å²) < 4.78 is 0. The van der Waals surface area contributed by atoms with Crippen molar-refractivity contribution in [1.82, 2.24) is 4.90 Å². The summed E-state index contributed by atoms with van der Waals surface area (Å²) in [5, 5.41) is 4.43. The molecule has 1 heterocycles. The Kier molecular flexibility index (Phi) is 3.95. The van der Waals surface area contributed by atoms with Crippen LogP contribution in [-0.2, 0) is 0 Å². The molecule has 1 aromatic rings. The fourth-order valence-corrected chi connectivity index (χ4v) is 2.52. The van der Waals surface area contributed by atoms with Gasteiger partial charge >= 0.3 is 0 Å². The number of halogens is 1. The average Bonchev–Trinajstić information content (AvgIpc) is 2.29. The number of nitrogens with one attached hydrogen (secondary N) is 1. The van der Waals surface area contributed by atoms with E-state index < -0.39 is 0 Å². The standard InChI is InChI=1S/C14H21ClN2/c1-10-4-5-12(9-14(10)15)16-13-6-7-17(3)11(2)8-13/h4-5,9,11,13,16H,6-8H2,1-3H3. The van der Waals surface area contributed by atoms with Gasteiger partial charge in [0.2, 0.25) is 0 Å². The molecule has 94 valence electrons. The number of piperidine rings is 1. The number of nitrogens with zero attached hydrogens (tertiary/aromatic N) is 1. The molecule has 2 atom stereocenters.